The Morgan fingerprint density at radius 3 is 2.53 bits per heavy atom. The fourth-order valence-corrected chi connectivity index (χ4v) is 2.01. The first-order chi connectivity index (χ1) is 7.16. The van der Waals surface area contributed by atoms with Crippen molar-refractivity contribution in [3.63, 3.8) is 0 Å². The van der Waals surface area contributed by atoms with E-state index in [2.05, 4.69) is 25.1 Å². The molecule has 0 saturated carbocycles. The quantitative estimate of drug-likeness (QED) is 0.837. The highest BCUT2D eigenvalue weighted by atomic mass is 35.5. The van der Waals surface area contributed by atoms with Gasteiger partial charge in [-0.25, -0.2) is 0 Å². The number of nitrogens with two attached hydrogens (primary N) is 1. The third-order valence-corrected chi connectivity index (χ3v) is 2.91. The van der Waals surface area contributed by atoms with Gasteiger partial charge in [0, 0.05) is 11.1 Å². The minimum absolute atomic E-state index is 0.363. The van der Waals surface area contributed by atoms with E-state index >= 15 is 0 Å². The van der Waals surface area contributed by atoms with Crippen LogP contribution in [0.1, 0.15) is 24.4 Å². The summed E-state index contributed by atoms with van der Waals surface area (Å²) in [6, 6.07) is 8.38. The standard InChI is InChI=1S/C12H19ClN2/c1-15(2)12(8-5-9-14)10-6-3-4-7-11(10)13/h3-4,6-7,12H,5,8-9,14H2,1-2H3. The minimum atomic E-state index is 0.363. The molecule has 1 aromatic rings. The van der Waals surface area contributed by atoms with Gasteiger partial charge in [-0.1, -0.05) is 29.8 Å². The maximum absolute atomic E-state index is 6.18. The number of halogens is 1. The van der Waals surface area contributed by atoms with Crippen LogP contribution in [0, 0.1) is 0 Å². The van der Waals surface area contributed by atoms with Gasteiger partial charge in [0.05, 0.1) is 0 Å². The Balaban J connectivity index is 2.84. The molecule has 0 bridgehead atoms. The second-order valence-corrected chi connectivity index (χ2v) is 4.34. The van der Waals surface area contributed by atoms with Gasteiger partial charge in [-0.15, -0.1) is 0 Å². The van der Waals surface area contributed by atoms with Crippen molar-refractivity contribution in [2.45, 2.75) is 18.9 Å². The van der Waals surface area contributed by atoms with Gasteiger partial charge < -0.3 is 10.6 Å². The van der Waals surface area contributed by atoms with Crippen LogP contribution in [0.4, 0.5) is 0 Å². The fraction of sp³-hybridized carbons (Fsp3) is 0.500. The number of hydrogen-bond donors (Lipinski definition) is 1. The molecule has 0 heterocycles. The van der Waals surface area contributed by atoms with Gasteiger partial charge in [-0.2, -0.15) is 0 Å². The highest BCUT2D eigenvalue weighted by molar-refractivity contribution is 6.31. The van der Waals surface area contributed by atoms with E-state index in [1.807, 2.05) is 18.2 Å². The van der Waals surface area contributed by atoms with Crippen molar-refractivity contribution in [1.82, 2.24) is 4.90 Å². The molecule has 1 atom stereocenters. The number of hydrogen-bond acceptors (Lipinski definition) is 2. The van der Waals surface area contributed by atoms with Crippen LogP contribution in [-0.4, -0.2) is 25.5 Å². The van der Waals surface area contributed by atoms with E-state index < -0.39 is 0 Å². The molecule has 1 aromatic carbocycles. The van der Waals surface area contributed by atoms with Gasteiger partial charge in [0.25, 0.3) is 0 Å². The van der Waals surface area contributed by atoms with Crippen molar-refractivity contribution >= 4 is 11.6 Å². The van der Waals surface area contributed by atoms with Crippen LogP contribution in [-0.2, 0) is 0 Å². The Kier molecular flexibility index (Phi) is 5.09. The first kappa shape index (κ1) is 12.5. The van der Waals surface area contributed by atoms with Crippen molar-refractivity contribution in [2.24, 2.45) is 5.73 Å². The lowest BCUT2D eigenvalue weighted by Crippen LogP contribution is -2.21. The summed E-state index contributed by atoms with van der Waals surface area (Å²) in [4.78, 5) is 2.19. The lowest BCUT2D eigenvalue weighted by molar-refractivity contribution is 0.280. The van der Waals surface area contributed by atoms with Gasteiger partial charge in [-0.05, 0) is 45.1 Å². The van der Waals surface area contributed by atoms with Gasteiger partial charge >= 0.3 is 0 Å². The van der Waals surface area contributed by atoms with Crippen molar-refractivity contribution in [2.75, 3.05) is 20.6 Å². The molecule has 0 aromatic heterocycles. The molecule has 0 fully saturated rings. The number of nitrogens with zero attached hydrogens (tertiary/aromatic N) is 1. The van der Waals surface area contributed by atoms with E-state index in [1.165, 1.54) is 5.56 Å². The zero-order valence-corrected chi connectivity index (χ0v) is 10.2. The summed E-state index contributed by atoms with van der Waals surface area (Å²) >= 11 is 6.18. The maximum Gasteiger partial charge on any atom is 0.0453 e. The Hall–Kier alpha value is -0.570. The first-order valence-electron chi connectivity index (χ1n) is 5.27. The predicted molar refractivity (Wildman–Crippen MR) is 66.2 cm³/mol. The topological polar surface area (TPSA) is 29.3 Å². The second kappa shape index (κ2) is 6.11. The summed E-state index contributed by atoms with van der Waals surface area (Å²) in [6.07, 6.45) is 2.07. The molecule has 0 aliphatic rings. The summed E-state index contributed by atoms with van der Waals surface area (Å²) in [7, 11) is 4.15. The van der Waals surface area contributed by atoms with Gasteiger partial charge in [0.1, 0.15) is 0 Å². The van der Waals surface area contributed by atoms with Crippen LogP contribution in [0.15, 0.2) is 24.3 Å². The lowest BCUT2D eigenvalue weighted by Gasteiger charge is -2.25. The van der Waals surface area contributed by atoms with E-state index in [-0.39, 0.29) is 0 Å². The Bertz CT molecular complexity index is 299. The van der Waals surface area contributed by atoms with Crippen LogP contribution in [0.3, 0.4) is 0 Å². The minimum Gasteiger partial charge on any atom is -0.330 e. The zero-order valence-electron chi connectivity index (χ0n) is 9.41. The monoisotopic (exact) mass is 226 g/mol. The molecule has 1 unspecified atom stereocenters. The molecule has 2 N–H and O–H groups in total. The molecule has 0 saturated heterocycles. The van der Waals surface area contributed by atoms with Crippen molar-refractivity contribution in [3.05, 3.63) is 34.9 Å². The molecule has 0 aliphatic carbocycles. The predicted octanol–water partition coefficient (Wildman–Crippen LogP) is 2.68. The lowest BCUT2D eigenvalue weighted by atomic mass is 10.0. The molecular weight excluding hydrogens is 208 g/mol. The molecule has 15 heavy (non-hydrogen) atoms. The van der Waals surface area contributed by atoms with E-state index in [0.29, 0.717) is 6.04 Å². The van der Waals surface area contributed by atoms with Crippen molar-refractivity contribution in [1.29, 1.82) is 0 Å². The summed E-state index contributed by atoms with van der Waals surface area (Å²) < 4.78 is 0. The SMILES string of the molecule is CN(C)C(CCCN)c1ccccc1Cl. The van der Waals surface area contributed by atoms with Gasteiger partial charge in [0.15, 0.2) is 0 Å². The van der Waals surface area contributed by atoms with Crippen LogP contribution >= 0.6 is 11.6 Å². The molecule has 84 valence electrons. The molecule has 3 heteroatoms. The average molecular weight is 227 g/mol. The smallest absolute Gasteiger partial charge is 0.0453 e. The van der Waals surface area contributed by atoms with Crippen molar-refractivity contribution < 1.29 is 0 Å². The third kappa shape index (κ3) is 3.49. The van der Waals surface area contributed by atoms with Crippen LogP contribution in [0.25, 0.3) is 0 Å². The van der Waals surface area contributed by atoms with E-state index in [1.54, 1.807) is 0 Å². The summed E-state index contributed by atoms with van der Waals surface area (Å²) in [6.45, 7) is 0.731. The van der Waals surface area contributed by atoms with Crippen molar-refractivity contribution in [3.8, 4) is 0 Å². The highest BCUT2D eigenvalue weighted by Crippen LogP contribution is 2.29. The highest BCUT2D eigenvalue weighted by Gasteiger charge is 2.15. The normalized spacial score (nSPS) is 13.1. The Labute approximate surface area is 97.0 Å². The van der Waals surface area contributed by atoms with E-state index in [9.17, 15) is 0 Å². The number of benzene rings is 1. The largest absolute Gasteiger partial charge is 0.330 e. The van der Waals surface area contributed by atoms with Crippen LogP contribution < -0.4 is 5.73 Å². The van der Waals surface area contributed by atoms with E-state index in [4.69, 9.17) is 17.3 Å². The summed E-state index contributed by atoms with van der Waals surface area (Å²) in [5.74, 6) is 0. The van der Waals surface area contributed by atoms with Crippen LogP contribution in [0.2, 0.25) is 5.02 Å². The summed E-state index contributed by atoms with van der Waals surface area (Å²) in [5.41, 5.74) is 6.73. The maximum atomic E-state index is 6.18. The molecule has 0 spiro atoms. The molecule has 0 aliphatic heterocycles. The molecule has 2 nitrogen and oxygen atoms in total. The van der Waals surface area contributed by atoms with E-state index in [0.717, 1.165) is 24.4 Å². The molecule has 1 rings (SSSR count). The second-order valence-electron chi connectivity index (χ2n) is 3.93. The zero-order chi connectivity index (χ0) is 11.3. The van der Waals surface area contributed by atoms with Crippen LogP contribution in [0.5, 0.6) is 0 Å². The van der Waals surface area contributed by atoms with Gasteiger partial charge in [0.2, 0.25) is 0 Å². The fourth-order valence-electron chi connectivity index (χ4n) is 1.75. The average Bonchev–Trinajstić information content (AvgIpc) is 2.20. The number of rotatable bonds is 5. The first-order valence-corrected chi connectivity index (χ1v) is 5.65. The van der Waals surface area contributed by atoms with Gasteiger partial charge in [-0.3, -0.25) is 0 Å². The third-order valence-electron chi connectivity index (χ3n) is 2.57. The Morgan fingerprint density at radius 2 is 2.00 bits per heavy atom. The summed E-state index contributed by atoms with van der Waals surface area (Å²) in [5, 5.41) is 0.841. The molecular formula is C12H19ClN2. The molecule has 0 radical (unpaired) electrons. The Morgan fingerprint density at radius 1 is 1.33 bits per heavy atom. The molecule has 0 amide bonds.